The molecule has 0 spiro atoms. The maximum atomic E-state index is 11.2. The number of hydrogen-bond acceptors (Lipinski definition) is 6. The van der Waals surface area contributed by atoms with Crippen LogP contribution in [0.4, 0.5) is 0 Å². The Balaban J connectivity index is 0. The molecule has 15 heavy (non-hydrogen) atoms. The Labute approximate surface area is 102 Å². The van der Waals surface area contributed by atoms with Crippen molar-refractivity contribution in [1.82, 2.24) is 0 Å². The molecule has 0 amide bonds. The van der Waals surface area contributed by atoms with Crippen LogP contribution in [0.25, 0.3) is 0 Å². The third-order valence-electron chi connectivity index (χ3n) is 1.69. The standard InChI is InChI=1S/C4H11O6S3Si.Li/c1-11(5,6)14(4,12(2,7)8)13(3,9)10;/h4H2,1-3H3;/q-1;+1. The molecule has 0 aliphatic heterocycles. The molecule has 0 aromatic carbocycles. The number of hydrogen-bond donors (Lipinski definition) is 0. The zero-order valence-electron chi connectivity index (χ0n) is 8.88. The minimum atomic E-state index is -4.69. The van der Waals surface area contributed by atoms with Gasteiger partial charge in [-0.15, -0.1) is 0 Å². The summed E-state index contributed by atoms with van der Waals surface area (Å²) >= 11 is 0. The molecule has 0 unspecified atom stereocenters. The molecule has 0 aromatic rings. The van der Waals surface area contributed by atoms with Crippen molar-refractivity contribution >= 4 is 33.4 Å². The zero-order chi connectivity index (χ0) is 12.0. The Morgan fingerprint density at radius 2 is 0.867 bits per heavy atom. The smallest absolute Gasteiger partial charge is 0.298 e. The molecule has 0 aliphatic carbocycles. The minimum absolute atomic E-state index is 0. The average molecular weight is 286 g/mol. The summed E-state index contributed by atoms with van der Waals surface area (Å²) < 4.78 is 67.1. The summed E-state index contributed by atoms with van der Waals surface area (Å²) in [5, 5.41) is 0. The van der Waals surface area contributed by atoms with E-state index in [1.54, 1.807) is 0 Å². The molecule has 6 nitrogen and oxygen atoms in total. The molecule has 0 saturated heterocycles. The van der Waals surface area contributed by atoms with Crippen molar-refractivity contribution in [2.24, 2.45) is 0 Å². The third kappa shape index (κ3) is 3.07. The van der Waals surface area contributed by atoms with E-state index in [0.717, 1.165) is 0 Å². The van der Waals surface area contributed by atoms with Crippen molar-refractivity contribution in [3.8, 4) is 0 Å². The molecule has 0 saturated carbocycles. The topological polar surface area (TPSA) is 102 Å². The van der Waals surface area contributed by atoms with Crippen molar-refractivity contribution in [2.45, 2.75) is 0 Å². The van der Waals surface area contributed by atoms with Crippen LogP contribution in [0.2, 0.25) is 0 Å². The van der Waals surface area contributed by atoms with Gasteiger partial charge in [0.15, 0.2) is 0 Å². The molecule has 0 rings (SSSR count). The molecule has 11 heteroatoms. The molecule has 0 N–H and O–H groups in total. The van der Waals surface area contributed by atoms with Crippen LogP contribution in [0, 0.1) is 6.55 Å². The Morgan fingerprint density at radius 1 is 0.733 bits per heavy atom. The van der Waals surface area contributed by atoms with Crippen molar-refractivity contribution in [3.05, 3.63) is 6.55 Å². The molecule has 0 atom stereocenters. The first kappa shape index (κ1) is 18.0. The monoisotopic (exact) mass is 286 g/mol. The van der Waals surface area contributed by atoms with Gasteiger partial charge in [0, 0.05) is 18.8 Å². The van der Waals surface area contributed by atoms with Crippen LogP contribution in [0.15, 0.2) is 0 Å². The quantitative estimate of drug-likeness (QED) is 0.382. The molecule has 0 aliphatic rings. The fourth-order valence-corrected chi connectivity index (χ4v) is 22.3. The van der Waals surface area contributed by atoms with Crippen LogP contribution >= 0.6 is 0 Å². The van der Waals surface area contributed by atoms with E-state index in [0.29, 0.717) is 18.8 Å². The molecule has 0 bridgehead atoms. The first-order valence-corrected chi connectivity index (χ1v) is 13.2. The normalized spacial score (nSPS) is 14.4. The summed E-state index contributed by atoms with van der Waals surface area (Å²) in [6.07, 6.45) is 1.73. The summed E-state index contributed by atoms with van der Waals surface area (Å²) in [7, 11) is -12.7. The minimum Gasteiger partial charge on any atom is -0.298 e. The van der Waals surface area contributed by atoms with Gasteiger partial charge in [-0.3, -0.25) is 6.55 Å². The molecule has 0 fully saturated rings. The van der Waals surface area contributed by atoms with E-state index < -0.39 is 33.4 Å². The summed E-state index contributed by atoms with van der Waals surface area (Å²) in [5.41, 5.74) is -4.69. The van der Waals surface area contributed by atoms with Gasteiger partial charge in [0.2, 0.25) is 0 Å². The predicted octanol–water partition coefficient (Wildman–Crippen LogP) is -4.56. The summed E-state index contributed by atoms with van der Waals surface area (Å²) in [6.45, 7) is 2.96. The van der Waals surface area contributed by atoms with Crippen LogP contribution in [-0.4, -0.2) is 49.5 Å². The van der Waals surface area contributed by atoms with Gasteiger partial charge in [0.1, 0.15) is 27.9 Å². The molecule has 86 valence electrons. The van der Waals surface area contributed by atoms with Crippen LogP contribution in [0.3, 0.4) is 0 Å². The van der Waals surface area contributed by atoms with Crippen LogP contribution in [-0.2, 0) is 27.9 Å². The molecule has 0 heterocycles. The van der Waals surface area contributed by atoms with Crippen molar-refractivity contribution in [1.29, 1.82) is 0 Å². The van der Waals surface area contributed by atoms with E-state index in [1.807, 2.05) is 0 Å². The van der Waals surface area contributed by atoms with Gasteiger partial charge in [-0.05, 0) is 0 Å². The van der Waals surface area contributed by atoms with Crippen molar-refractivity contribution in [3.63, 3.8) is 0 Å². The van der Waals surface area contributed by atoms with Crippen molar-refractivity contribution < 1.29 is 44.1 Å². The maximum Gasteiger partial charge on any atom is 1.00 e. The first-order valence-electron chi connectivity index (χ1n) is 3.19. The fraction of sp³-hybridized carbons (Fsp3) is 0.750. The van der Waals surface area contributed by atoms with E-state index in [-0.39, 0.29) is 18.9 Å². The Morgan fingerprint density at radius 3 is 0.867 bits per heavy atom. The second kappa shape index (κ2) is 4.50. The number of rotatable bonds is 3. The predicted molar refractivity (Wildman–Crippen MR) is 55.6 cm³/mol. The molecule has 0 aromatic heterocycles. The summed E-state index contributed by atoms with van der Waals surface area (Å²) in [6, 6.07) is 0. The molecule has 0 radical (unpaired) electrons. The van der Waals surface area contributed by atoms with Gasteiger partial charge in [0.05, 0.1) is 0 Å². The van der Waals surface area contributed by atoms with Gasteiger partial charge < -0.3 is 0 Å². The van der Waals surface area contributed by atoms with Gasteiger partial charge in [-0.2, -0.15) is 0 Å². The second-order valence-corrected chi connectivity index (χ2v) is 24.3. The Bertz CT molecular complexity index is 450. The van der Waals surface area contributed by atoms with E-state index in [2.05, 4.69) is 6.55 Å². The Kier molecular flexibility index (Phi) is 5.41. The fourth-order valence-electron chi connectivity index (χ4n) is 0.825. The third-order valence-corrected chi connectivity index (χ3v) is 31.6. The van der Waals surface area contributed by atoms with E-state index in [4.69, 9.17) is 0 Å². The van der Waals surface area contributed by atoms with Gasteiger partial charge in [-0.25, -0.2) is 25.3 Å². The van der Waals surface area contributed by atoms with Crippen LogP contribution in [0.5, 0.6) is 0 Å². The molecular formula is C4H11LiO6S3Si. The van der Waals surface area contributed by atoms with Gasteiger partial charge in [-0.1, -0.05) is 0 Å². The maximum absolute atomic E-state index is 11.2. The van der Waals surface area contributed by atoms with Gasteiger partial charge >= 0.3 is 24.4 Å². The van der Waals surface area contributed by atoms with Crippen LogP contribution < -0.4 is 18.9 Å². The van der Waals surface area contributed by atoms with Crippen molar-refractivity contribution in [2.75, 3.05) is 18.8 Å². The zero-order valence-corrected chi connectivity index (χ0v) is 12.3. The van der Waals surface area contributed by atoms with Gasteiger partial charge in [0.25, 0.3) is 0 Å². The summed E-state index contributed by atoms with van der Waals surface area (Å²) in [5.74, 6) is 0. The van der Waals surface area contributed by atoms with E-state index in [1.165, 1.54) is 0 Å². The van der Waals surface area contributed by atoms with E-state index >= 15 is 0 Å². The van der Waals surface area contributed by atoms with E-state index in [9.17, 15) is 25.3 Å². The molecular weight excluding hydrogens is 275 g/mol. The average Bonchev–Trinajstić information content (AvgIpc) is 1.77. The summed E-state index contributed by atoms with van der Waals surface area (Å²) in [4.78, 5) is 0. The Hall–Kier alpha value is 0.664. The largest absolute Gasteiger partial charge is 1.00 e. The second-order valence-electron chi connectivity index (χ2n) is 3.00. The first-order chi connectivity index (χ1) is 5.75. The SMILES string of the molecule is [CH2-][Si](S(C)(=O)=O)(S(C)(=O)=O)S(C)(=O)=O.[Li+]. The van der Waals surface area contributed by atoms with Crippen LogP contribution in [0.1, 0.15) is 0 Å².